The number of rotatable bonds is 6. The Labute approximate surface area is 157 Å². The highest BCUT2D eigenvalue weighted by Crippen LogP contribution is 2.33. The van der Waals surface area contributed by atoms with Crippen molar-refractivity contribution in [3.05, 3.63) is 76.9 Å². The molecule has 138 valence electrons. The fourth-order valence-electron chi connectivity index (χ4n) is 2.94. The van der Waals surface area contributed by atoms with Crippen LogP contribution in [0.2, 0.25) is 0 Å². The molecular weight excluding hydrogens is 344 g/mol. The minimum Gasteiger partial charge on any atom is -0.460 e. The SMILES string of the molecule is CC(C)OCCOC(=O)C1=C(c2ccccc2)C(=O)c2ccccc2C1=O. The van der Waals surface area contributed by atoms with Gasteiger partial charge in [-0.3, -0.25) is 9.59 Å². The first kappa shape index (κ1) is 18.7. The van der Waals surface area contributed by atoms with Crippen molar-refractivity contribution in [2.75, 3.05) is 13.2 Å². The minimum absolute atomic E-state index is 0.00566. The maximum atomic E-state index is 13.1. The Morgan fingerprint density at radius 1 is 0.852 bits per heavy atom. The number of Topliss-reactive ketones (excluding diaryl/α,β-unsaturated/α-hetero) is 2. The van der Waals surface area contributed by atoms with E-state index in [0.717, 1.165) is 0 Å². The van der Waals surface area contributed by atoms with E-state index in [1.807, 2.05) is 13.8 Å². The highest BCUT2D eigenvalue weighted by atomic mass is 16.6. The van der Waals surface area contributed by atoms with Gasteiger partial charge in [0, 0.05) is 16.7 Å². The molecule has 0 unspecified atom stereocenters. The van der Waals surface area contributed by atoms with E-state index in [2.05, 4.69) is 0 Å². The number of ketones is 2. The Kier molecular flexibility index (Phi) is 5.62. The maximum Gasteiger partial charge on any atom is 0.343 e. The standard InChI is InChI=1S/C22H20O5/c1-14(2)26-12-13-27-22(25)19-18(15-8-4-3-5-9-15)20(23)16-10-6-7-11-17(16)21(19)24/h3-11,14H,12-13H2,1-2H3. The van der Waals surface area contributed by atoms with E-state index in [1.165, 1.54) is 0 Å². The number of hydrogen-bond donors (Lipinski definition) is 0. The largest absolute Gasteiger partial charge is 0.460 e. The van der Waals surface area contributed by atoms with Crippen LogP contribution in [0.1, 0.15) is 40.1 Å². The van der Waals surface area contributed by atoms with Crippen LogP contribution in [0.5, 0.6) is 0 Å². The summed E-state index contributed by atoms with van der Waals surface area (Å²) in [6.45, 7) is 3.97. The fourth-order valence-corrected chi connectivity index (χ4v) is 2.94. The molecule has 0 atom stereocenters. The smallest absolute Gasteiger partial charge is 0.343 e. The summed E-state index contributed by atoms with van der Waals surface area (Å²) in [5.74, 6) is -1.67. The van der Waals surface area contributed by atoms with Gasteiger partial charge in [-0.15, -0.1) is 0 Å². The number of allylic oxidation sites excluding steroid dienone is 1. The van der Waals surface area contributed by atoms with E-state index >= 15 is 0 Å². The topological polar surface area (TPSA) is 69.7 Å². The van der Waals surface area contributed by atoms with Crippen molar-refractivity contribution in [1.29, 1.82) is 0 Å². The molecule has 0 N–H and O–H groups in total. The molecule has 27 heavy (non-hydrogen) atoms. The Balaban J connectivity index is 2.00. The zero-order valence-corrected chi connectivity index (χ0v) is 15.2. The van der Waals surface area contributed by atoms with Gasteiger partial charge in [0.05, 0.1) is 12.7 Å². The van der Waals surface area contributed by atoms with E-state index in [9.17, 15) is 14.4 Å². The number of carbonyl (C=O) groups is 3. The Morgan fingerprint density at radius 3 is 2.07 bits per heavy atom. The number of benzene rings is 2. The first-order valence-corrected chi connectivity index (χ1v) is 8.77. The summed E-state index contributed by atoms with van der Waals surface area (Å²) in [5.41, 5.74) is 0.868. The average molecular weight is 364 g/mol. The molecule has 0 spiro atoms. The van der Waals surface area contributed by atoms with Crippen LogP contribution in [-0.4, -0.2) is 36.9 Å². The second-order valence-corrected chi connectivity index (χ2v) is 6.38. The summed E-state index contributed by atoms with van der Waals surface area (Å²) in [7, 11) is 0. The lowest BCUT2D eigenvalue weighted by Crippen LogP contribution is -2.27. The van der Waals surface area contributed by atoms with E-state index in [1.54, 1.807) is 54.6 Å². The molecule has 0 aliphatic heterocycles. The summed E-state index contributed by atoms with van der Waals surface area (Å²) in [5, 5.41) is 0. The molecule has 0 saturated carbocycles. The molecule has 5 heteroatoms. The summed E-state index contributed by atoms with van der Waals surface area (Å²) in [4.78, 5) is 38.7. The molecule has 2 aromatic rings. The molecule has 0 fully saturated rings. The van der Waals surface area contributed by atoms with Crippen molar-refractivity contribution in [3.8, 4) is 0 Å². The Bertz CT molecular complexity index is 909. The van der Waals surface area contributed by atoms with Crippen LogP contribution in [-0.2, 0) is 14.3 Å². The van der Waals surface area contributed by atoms with E-state index in [-0.39, 0.29) is 41.8 Å². The molecule has 0 amide bonds. The van der Waals surface area contributed by atoms with E-state index in [4.69, 9.17) is 9.47 Å². The summed E-state index contributed by atoms with van der Waals surface area (Å²) >= 11 is 0. The van der Waals surface area contributed by atoms with Gasteiger partial charge in [0.15, 0.2) is 5.78 Å². The highest BCUT2D eigenvalue weighted by Gasteiger charge is 2.37. The number of fused-ring (bicyclic) bond motifs is 1. The van der Waals surface area contributed by atoms with Gasteiger partial charge in [0.2, 0.25) is 5.78 Å². The summed E-state index contributed by atoms with van der Waals surface area (Å²) < 4.78 is 10.6. The molecule has 1 aliphatic rings. The first-order valence-electron chi connectivity index (χ1n) is 8.77. The van der Waals surface area contributed by atoms with Gasteiger partial charge in [-0.05, 0) is 19.4 Å². The number of carbonyl (C=O) groups excluding carboxylic acids is 3. The first-order chi connectivity index (χ1) is 13.0. The van der Waals surface area contributed by atoms with Crippen LogP contribution < -0.4 is 0 Å². The molecule has 5 nitrogen and oxygen atoms in total. The van der Waals surface area contributed by atoms with Crippen LogP contribution in [0.4, 0.5) is 0 Å². The van der Waals surface area contributed by atoms with Gasteiger partial charge in [-0.25, -0.2) is 4.79 Å². The predicted octanol–water partition coefficient (Wildman–Crippen LogP) is 3.49. The fraction of sp³-hybridized carbons (Fsp3) is 0.227. The third-order valence-electron chi connectivity index (χ3n) is 4.15. The number of esters is 1. The van der Waals surface area contributed by atoms with E-state index < -0.39 is 11.8 Å². The minimum atomic E-state index is -0.811. The normalized spacial score (nSPS) is 13.7. The molecule has 0 radical (unpaired) electrons. The zero-order chi connectivity index (χ0) is 19.4. The van der Waals surface area contributed by atoms with Crippen molar-refractivity contribution >= 4 is 23.1 Å². The van der Waals surface area contributed by atoms with Gasteiger partial charge in [0.1, 0.15) is 12.2 Å². The van der Waals surface area contributed by atoms with Gasteiger partial charge in [0.25, 0.3) is 0 Å². The zero-order valence-electron chi connectivity index (χ0n) is 15.2. The van der Waals surface area contributed by atoms with Gasteiger partial charge < -0.3 is 9.47 Å². The van der Waals surface area contributed by atoms with Crippen LogP contribution in [0, 0.1) is 0 Å². The van der Waals surface area contributed by atoms with Gasteiger partial charge in [-0.1, -0.05) is 54.6 Å². The van der Waals surface area contributed by atoms with E-state index in [0.29, 0.717) is 11.1 Å². The molecule has 1 aliphatic carbocycles. The second kappa shape index (κ2) is 8.10. The van der Waals surface area contributed by atoms with Crippen LogP contribution in [0.25, 0.3) is 5.57 Å². The molecule has 0 saturated heterocycles. The molecule has 0 bridgehead atoms. The van der Waals surface area contributed by atoms with Crippen LogP contribution in [0.15, 0.2) is 60.2 Å². The van der Waals surface area contributed by atoms with Crippen molar-refractivity contribution in [2.45, 2.75) is 20.0 Å². The summed E-state index contributed by atoms with van der Waals surface area (Å²) in [6, 6.07) is 15.2. The van der Waals surface area contributed by atoms with Crippen molar-refractivity contribution in [1.82, 2.24) is 0 Å². The van der Waals surface area contributed by atoms with Gasteiger partial charge >= 0.3 is 5.97 Å². The highest BCUT2D eigenvalue weighted by molar-refractivity contribution is 6.46. The predicted molar refractivity (Wildman–Crippen MR) is 101 cm³/mol. The average Bonchev–Trinajstić information content (AvgIpc) is 2.68. The Hall–Kier alpha value is -3.05. The summed E-state index contributed by atoms with van der Waals surface area (Å²) in [6.07, 6.45) is 0.00700. The lowest BCUT2D eigenvalue weighted by molar-refractivity contribution is -0.140. The van der Waals surface area contributed by atoms with Crippen molar-refractivity contribution in [2.24, 2.45) is 0 Å². The Morgan fingerprint density at radius 2 is 1.44 bits per heavy atom. The molecule has 3 rings (SSSR count). The molecule has 0 aromatic heterocycles. The molecule has 0 heterocycles. The third kappa shape index (κ3) is 3.88. The maximum absolute atomic E-state index is 13.1. The second-order valence-electron chi connectivity index (χ2n) is 6.38. The molecule has 2 aromatic carbocycles. The van der Waals surface area contributed by atoms with Gasteiger partial charge in [-0.2, -0.15) is 0 Å². The lowest BCUT2D eigenvalue weighted by atomic mass is 9.81. The van der Waals surface area contributed by atoms with Crippen molar-refractivity contribution < 1.29 is 23.9 Å². The number of hydrogen-bond acceptors (Lipinski definition) is 5. The number of ether oxygens (including phenoxy) is 2. The lowest BCUT2D eigenvalue weighted by Gasteiger charge is -2.20. The third-order valence-corrected chi connectivity index (χ3v) is 4.15. The van der Waals surface area contributed by atoms with Crippen LogP contribution >= 0.6 is 0 Å². The quantitative estimate of drug-likeness (QED) is 0.446. The monoisotopic (exact) mass is 364 g/mol. The van der Waals surface area contributed by atoms with Crippen molar-refractivity contribution in [3.63, 3.8) is 0 Å². The molecular formula is C22H20O5. The van der Waals surface area contributed by atoms with Crippen LogP contribution in [0.3, 0.4) is 0 Å².